The smallest absolute Gasteiger partial charge is 0.253 e. The lowest BCUT2D eigenvalue weighted by molar-refractivity contribution is -0.126. The average Bonchev–Trinajstić information content (AvgIpc) is 2.78. The van der Waals surface area contributed by atoms with E-state index in [0.717, 1.165) is 12.8 Å². The Morgan fingerprint density at radius 1 is 1.23 bits per heavy atom. The second-order valence-corrected chi connectivity index (χ2v) is 7.76. The van der Waals surface area contributed by atoms with Crippen LogP contribution in [-0.4, -0.2) is 47.9 Å². The molecule has 0 aliphatic carbocycles. The lowest BCUT2D eigenvalue weighted by Gasteiger charge is -2.32. The van der Waals surface area contributed by atoms with Crippen LogP contribution in [0.4, 0.5) is 5.82 Å². The van der Waals surface area contributed by atoms with Gasteiger partial charge in [-0.3, -0.25) is 9.59 Å². The molecule has 0 radical (unpaired) electrons. The summed E-state index contributed by atoms with van der Waals surface area (Å²) in [6, 6.07) is 10.2. The van der Waals surface area contributed by atoms with Gasteiger partial charge in [0.05, 0.1) is 21.5 Å². The van der Waals surface area contributed by atoms with Crippen molar-refractivity contribution in [2.75, 3.05) is 31.5 Å². The minimum atomic E-state index is -0.269. The van der Waals surface area contributed by atoms with E-state index in [4.69, 9.17) is 28.5 Å². The Morgan fingerprint density at radius 3 is 2.83 bits per heavy atom. The van der Waals surface area contributed by atoms with Crippen LogP contribution < -0.4 is 10.6 Å². The van der Waals surface area contributed by atoms with Crippen molar-refractivity contribution in [2.45, 2.75) is 12.8 Å². The van der Waals surface area contributed by atoms with E-state index in [1.54, 1.807) is 41.4 Å². The van der Waals surface area contributed by atoms with Crippen molar-refractivity contribution in [3.05, 3.63) is 57.7 Å². The van der Waals surface area contributed by atoms with E-state index in [1.807, 2.05) is 0 Å². The molecule has 1 fully saturated rings. The average molecular weight is 446 g/mol. The van der Waals surface area contributed by atoms with Gasteiger partial charge in [-0.05, 0) is 43.2 Å². The number of hydrogen-bond acceptors (Lipinski definition) is 5. The molecule has 1 aromatic carbocycles. The summed E-state index contributed by atoms with van der Waals surface area (Å²) in [5.41, 5.74) is 0.908. The molecule has 156 valence electrons. The van der Waals surface area contributed by atoms with Crippen molar-refractivity contribution in [1.82, 2.24) is 15.2 Å². The zero-order valence-corrected chi connectivity index (χ0v) is 17.7. The highest BCUT2D eigenvalue weighted by Gasteiger charge is 2.29. The molecule has 1 saturated heterocycles. The summed E-state index contributed by atoms with van der Waals surface area (Å²) in [4.78, 5) is 31.1. The predicted octanol–water partition coefficient (Wildman–Crippen LogP) is 3.34. The molecule has 1 unspecified atom stereocenters. The van der Waals surface area contributed by atoms with Crippen molar-refractivity contribution in [3.8, 4) is 6.07 Å². The number of aromatic nitrogens is 1. The zero-order chi connectivity index (χ0) is 21.5. The van der Waals surface area contributed by atoms with E-state index in [-0.39, 0.29) is 17.7 Å². The summed E-state index contributed by atoms with van der Waals surface area (Å²) in [6.07, 6.45) is 3.08. The van der Waals surface area contributed by atoms with Gasteiger partial charge >= 0.3 is 0 Å². The monoisotopic (exact) mass is 445 g/mol. The van der Waals surface area contributed by atoms with Gasteiger partial charge in [-0.15, -0.1) is 0 Å². The van der Waals surface area contributed by atoms with Crippen LogP contribution in [0.5, 0.6) is 0 Å². The van der Waals surface area contributed by atoms with Gasteiger partial charge < -0.3 is 15.5 Å². The molecular weight excluding hydrogens is 425 g/mol. The van der Waals surface area contributed by atoms with E-state index in [9.17, 15) is 9.59 Å². The van der Waals surface area contributed by atoms with Crippen LogP contribution in [-0.2, 0) is 4.79 Å². The van der Waals surface area contributed by atoms with Gasteiger partial charge in [-0.2, -0.15) is 5.26 Å². The molecule has 1 atom stereocenters. The first kappa shape index (κ1) is 21.9. The number of nitrogens with zero attached hydrogens (tertiary/aromatic N) is 3. The SMILES string of the molecule is N#Cc1cccnc1NCCNC(=O)C1CCCN(C(=O)c2ccc(Cl)c(Cl)c2)C1. The van der Waals surface area contributed by atoms with E-state index in [0.29, 0.717) is 53.2 Å². The third-order valence-corrected chi connectivity index (χ3v) is 5.63. The van der Waals surface area contributed by atoms with E-state index in [1.165, 1.54) is 0 Å². The molecule has 7 nitrogen and oxygen atoms in total. The number of piperidine rings is 1. The topological polar surface area (TPSA) is 98.1 Å². The van der Waals surface area contributed by atoms with Crippen molar-refractivity contribution in [2.24, 2.45) is 5.92 Å². The van der Waals surface area contributed by atoms with Crippen molar-refractivity contribution >= 4 is 40.8 Å². The summed E-state index contributed by atoms with van der Waals surface area (Å²) in [5, 5.41) is 15.7. The van der Waals surface area contributed by atoms with Gasteiger partial charge in [0.15, 0.2) is 0 Å². The van der Waals surface area contributed by atoms with Crippen molar-refractivity contribution in [1.29, 1.82) is 5.26 Å². The number of amides is 2. The quantitative estimate of drug-likeness (QED) is 0.664. The Morgan fingerprint density at radius 2 is 2.07 bits per heavy atom. The molecule has 3 rings (SSSR count). The molecule has 1 aliphatic rings. The molecular formula is C21H21Cl2N5O2. The summed E-state index contributed by atoms with van der Waals surface area (Å²) >= 11 is 11.9. The number of nitrogens with one attached hydrogen (secondary N) is 2. The molecule has 1 aromatic heterocycles. The van der Waals surface area contributed by atoms with Gasteiger partial charge in [0.25, 0.3) is 5.91 Å². The van der Waals surface area contributed by atoms with Crippen LogP contribution in [0, 0.1) is 17.2 Å². The molecule has 30 heavy (non-hydrogen) atoms. The molecule has 2 amide bonds. The van der Waals surface area contributed by atoms with Gasteiger partial charge in [-0.25, -0.2) is 4.98 Å². The third kappa shape index (κ3) is 5.41. The fourth-order valence-electron chi connectivity index (χ4n) is 3.33. The number of rotatable bonds is 6. The van der Waals surface area contributed by atoms with Gasteiger partial charge in [0.2, 0.25) is 5.91 Å². The number of nitriles is 1. The molecule has 0 saturated carbocycles. The summed E-state index contributed by atoms with van der Waals surface area (Å²) in [7, 11) is 0. The number of carbonyl (C=O) groups excluding carboxylic acids is 2. The number of carbonyl (C=O) groups is 2. The minimum absolute atomic E-state index is 0.0926. The highest BCUT2D eigenvalue weighted by molar-refractivity contribution is 6.42. The van der Waals surface area contributed by atoms with Crippen LogP contribution in [0.25, 0.3) is 0 Å². The Kier molecular flexibility index (Phi) is 7.50. The minimum Gasteiger partial charge on any atom is -0.367 e. The Labute approximate surface area is 185 Å². The summed E-state index contributed by atoms with van der Waals surface area (Å²) in [5.74, 6) is -0.0304. The van der Waals surface area contributed by atoms with Gasteiger partial charge in [-0.1, -0.05) is 23.2 Å². The second kappa shape index (κ2) is 10.3. The van der Waals surface area contributed by atoms with Crippen molar-refractivity contribution < 1.29 is 9.59 Å². The Hall–Kier alpha value is -2.82. The molecule has 0 bridgehead atoms. The Bertz CT molecular complexity index is 976. The molecule has 2 heterocycles. The first-order valence-corrected chi connectivity index (χ1v) is 10.4. The van der Waals surface area contributed by atoms with E-state index in [2.05, 4.69) is 21.7 Å². The first-order chi connectivity index (χ1) is 14.5. The van der Waals surface area contributed by atoms with Crippen LogP contribution in [0.15, 0.2) is 36.5 Å². The number of anilines is 1. The van der Waals surface area contributed by atoms with Gasteiger partial charge in [0, 0.05) is 37.9 Å². The molecule has 0 spiro atoms. The summed E-state index contributed by atoms with van der Waals surface area (Å²) in [6.45, 7) is 1.78. The molecule has 1 aliphatic heterocycles. The standard InChI is InChI=1S/C21H21Cl2N5O2/c22-17-6-5-14(11-18(17)23)21(30)28-10-2-4-16(13-28)20(29)27-9-8-26-19-15(12-24)3-1-7-25-19/h1,3,5-7,11,16H,2,4,8-10,13H2,(H,25,26)(H,27,29). The summed E-state index contributed by atoms with van der Waals surface area (Å²) < 4.78 is 0. The normalized spacial score (nSPS) is 15.9. The van der Waals surface area contributed by atoms with Crippen LogP contribution in [0.2, 0.25) is 10.0 Å². The maximum Gasteiger partial charge on any atom is 0.253 e. The Balaban J connectivity index is 1.50. The second-order valence-electron chi connectivity index (χ2n) is 6.95. The lowest BCUT2D eigenvalue weighted by atomic mass is 9.96. The zero-order valence-electron chi connectivity index (χ0n) is 16.2. The van der Waals surface area contributed by atoms with Gasteiger partial charge in [0.1, 0.15) is 11.9 Å². The van der Waals surface area contributed by atoms with Crippen LogP contribution in [0.1, 0.15) is 28.8 Å². The van der Waals surface area contributed by atoms with E-state index >= 15 is 0 Å². The highest BCUT2D eigenvalue weighted by Crippen LogP contribution is 2.25. The molecule has 2 aromatic rings. The van der Waals surface area contributed by atoms with E-state index < -0.39 is 0 Å². The maximum absolute atomic E-state index is 12.8. The number of likely N-dealkylation sites (tertiary alicyclic amines) is 1. The predicted molar refractivity (Wildman–Crippen MR) is 116 cm³/mol. The lowest BCUT2D eigenvalue weighted by Crippen LogP contribution is -2.46. The number of hydrogen-bond donors (Lipinski definition) is 2. The number of pyridine rings is 1. The molecule has 9 heteroatoms. The van der Waals surface area contributed by atoms with Crippen LogP contribution in [0.3, 0.4) is 0 Å². The maximum atomic E-state index is 12.8. The fourth-order valence-corrected chi connectivity index (χ4v) is 3.63. The first-order valence-electron chi connectivity index (χ1n) is 9.60. The number of halogens is 2. The molecule has 2 N–H and O–H groups in total. The highest BCUT2D eigenvalue weighted by atomic mass is 35.5. The van der Waals surface area contributed by atoms with Crippen LogP contribution >= 0.6 is 23.2 Å². The largest absolute Gasteiger partial charge is 0.367 e. The third-order valence-electron chi connectivity index (χ3n) is 4.89. The number of benzene rings is 1. The van der Waals surface area contributed by atoms with Crippen molar-refractivity contribution in [3.63, 3.8) is 0 Å². The fraction of sp³-hybridized carbons (Fsp3) is 0.333.